The molecule has 0 bridgehead atoms. The van der Waals surface area contributed by atoms with E-state index in [4.69, 9.17) is 8.83 Å². The summed E-state index contributed by atoms with van der Waals surface area (Å²) >= 11 is 0. The molecule has 8 aromatic rings. The van der Waals surface area contributed by atoms with E-state index in [1.165, 1.54) is 38.2 Å². The Balaban J connectivity index is 1.64. The molecule has 2 nitrogen and oxygen atoms in total. The molecule has 0 radical (unpaired) electrons. The molecule has 0 saturated heterocycles. The van der Waals surface area contributed by atoms with Crippen molar-refractivity contribution in [3.8, 4) is 22.3 Å². The van der Waals surface area contributed by atoms with Crippen LogP contribution in [-0.4, -0.2) is 0 Å². The van der Waals surface area contributed by atoms with Crippen LogP contribution in [0.3, 0.4) is 0 Å². The average Bonchev–Trinajstić information content (AvgIpc) is 3.56. The Morgan fingerprint density at radius 2 is 0.972 bits per heavy atom. The normalized spacial score (nSPS) is 11.9. The predicted octanol–water partition coefficient (Wildman–Crippen LogP) is 9.97. The van der Waals surface area contributed by atoms with Gasteiger partial charge in [-0.2, -0.15) is 0 Å². The van der Waals surface area contributed by atoms with E-state index in [1.807, 2.05) is 12.1 Å². The minimum Gasteiger partial charge on any atom is -0.464 e. The number of fused-ring (bicyclic) bond motifs is 6. The maximum atomic E-state index is 6.59. The zero-order valence-corrected chi connectivity index (χ0v) is 19.4. The number of benzene rings is 6. The highest BCUT2D eigenvalue weighted by Crippen LogP contribution is 2.48. The van der Waals surface area contributed by atoms with E-state index in [2.05, 4.69) is 103 Å². The molecule has 168 valence electrons. The summed E-state index contributed by atoms with van der Waals surface area (Å²) in [5, 5.41) is 8.08. The van der Waals surface area contributed by atoms with Gasteiger partial charge in [-0.1, -0.05) is 97.1 Å². The maximum absolute atomic E-state index is 6.59. The molecule has 0 spiro atoms. The Hall–Kier alpha value is -4.82. The van der Waals surface area contributed by atoms with Gasteiger partial charge in [0.25, 0.3) is 0 Å². The summed E-state index contributed by atoms with van der Waals surface area (Å²) in [4.78, 5) is 0. The Bertz CT molecular complexity index is 2030. The molecule has 6 aromatic carbocycles. The number of hydrogen-bond acceptors (Lipinski definition) is 2. The summed E-state index contributed by atoms with van der Waals surface area (Å²) in [5.41, 5.74) is 7.38. The van der Waals surface area contributed by atoms with Crippen LogP contribution < -0.4 is 0 Å². The molecule has 0 unspecified atom stereocenters. The van der Waals surface area contributed by atoms with Gasteiger partial charge in [0.15, 0.2) is 0 Å². The summed E-state index contributed by atoms with van der Waals surface area (Å²) in [7, 11) is 0. The number of rotatable bonds is 2. The molecule has 8 rings (SSSR count). The standard InChI is InChI=1S/C34H20O2/c1-2-10-21(11-3-1)31-23-13-4-6-15-25(23)32(26-16-7-5-14-24(26)31)33-27-18-19-35-30(27)20-28-22-12-8-9-17-29(22)36-34(28)33/h1-20H. The van der Waals surface area contributed by atoms with E-state index in [0.717, 1.165) is 38.5 Å². The van der Waals surface area contributed by atoms with Crippen LogP contribution in [0, 0.1) is 0 Å². The molecule has 2 heteroatoms. The largest absolute Gasteiger partial charge is 0.464 e. The summed E-state index contributed by atoms with van der Waals surface area (Å²) in [6.45, 7) is 0. The van der Waals surface area contributed by atoms with Crippen molar-refractivity contribution in [2.45, 2.75) is 0 Å². The first-order valence-corrected chi connectivity index (χ1v) is 12.2. The fourth-order valence-electron chi connectivity index (χ4n) is 5.85. The molecule has 0 aliphatic rings. The second-order valence-corrected chi connectivity index (χ2v) is 9.27. The summed E-state index contributed by atoms with van der Waals surface area (Å²) < 4.78 is 12.6. The van der Waals surface area contributed by atoms with Crippen LogP contribution in [0.2, 0.25) is 0 Å². The van der Waals surface area contributed by atoms with Gasteiger partial charge in [0, 0.05) is 27.3 Å². The molecule has 2 heterocycles. The van der Waals surface area contributed by atoms with Crippen molar-refractivity contribution in [3.63, 3.8) is 0 Å². The summed E-state index contributed by atoms with van der Waals surface area (Å²) in [6.07, 6.45) is 1.78. The number of para-hydroxylation sites is 1. The van der Waals surface area contributed by atoms with Crippen LogP contribution in [0.1, 0.15) is 0 Å². The average molecular weight is 461 g/mol. The highest BCUT2D eigenvalue weighted by molar-refractivity contribution is 6.28. The van der Waals surface area contributed by atoms with Crippen LogP contribution in [0.25, 0.3) is 76.7 Å². The summed E-state index contributed by atoms with van der Waals surface area (Å²) in [6, 6.07) is 40.5. The van der Waals surface area contributed by atoms with Gasteiger partial charge in [0.05, 0.1) is 6.26 Å². The maximum Gasteiger partial charge on any atom is 0.144 e. The lowest BCUT2D eigenvalue weighted by molar-refractivity contribution is 0.616. The van der Waals surface area contributed by atoms with Gasteiger partial charge in [0.2, 0.25) is 0 Å². The SMILES string of the molecule is c1ccc(-c2c3ccccc3c(-c3c4ccoc4cc4c3oc3ccccc34)c3ccccc23)cc1. The molecule has 2 aromatic heterocycles. The lowest BCUT2D eigenvalue weighted by atomic mass is 9.85. The Morgan fingerprint density at radius 1 is 0.389 bits per heavy atom. The van der Waals surface area contributed by atoms with Crippen LogP contribution in [-0.2, 0) is 0 Å². The molecule has 0 amide bonds. The second kappa shape index (κ2) is 7.34. The van der Waals surface area contributed by atoms with E-state index >= 15 is 0 Å². The molecule has 0 aliphatic heterocycles. The van der Waals surface area contributed by atoms with Gasteiger partial charge >= 0.3 is 0 Å². The fourth-order valence-corrected chi connectivity index (χ4v) is 5.85. The third-order valence-electron chi connectivity index (χ3n) is 7.34. The van der Waals surface area contributed by atoms with Gasteiger partial charge in [-0.05, 0) is 50.9 Å². The first-order chi connectivity index (χ1) is 17.9. The first-order valence-electron chi connectivity index (χ1n) is 12.2. The zero-order chi connectivity index (χ0) is 23.6. The summed E-state index contributed by atoms with van der Waals surface area (Å²) in [5.74, 6) is 0. The molecular formula is C34H20O2. The van der Waals surface area contributed by atoms with Gasteiger partial charge in [0.1, 0.15) is 16.7 Å². The molecule has 0 atom stereocenters. The van der Waals surface area contributed by atoms with Crippen molar-refractivity contribution < 1.29 is 8.83 Å². The van der Waals surface area contributed by atoms with Crippen LogP contribution >= 0.6 is 0 Å². The molecule has 0 aliphatic carbocycles. The van der Waals surface area contributed by atoms with Crippen LogP contribution in [0.5, 0.6) is 0 Å². The van der Waals surface area contributed by atoms with Crippen molar-refractivity contribution in [1.82, 2.24) is 0 Å². The topological polar surface area (TPSA) is 26.3 Å². The van der Waals surface area contributed by atoms with Gasteiger partial charge in [-0.3, -0.25) is 0 Å². The molecular weight excluding hydrogens is 440 g/mol. The van der Waals surface area contributed by atoms with Gasteiger partial charge < -0.3 is 8.83 Å². The van der Waals surface area contributed by atoms with Crippen LogP contribution in [0.15, 0.2) is 130 Å². The number of hydrogen-bond donors (Lipinski definition) is 0. The van der Waals surface area contributed by atoms with E-state index in [9.17, 15) is 0 Å². The number of furan rings is 2. The highest BCUT2D eigenvalue weighted by atomic mass is 16.3. The van der Waals surface area contributed by atoms with Crippen molar-refractivity contribution in [1.29, 1.82) is 0 Å². The Kier molecular flexibility index (Phi) is 3.97. The van der Waals surface area contributed by atoms with Crippen molar-refractivity contribution in [2.75, 3.05) is 0 Å². The predicted molar refractivity (Wildman–Crippen MR) is 149 cm³/mol. The molecule has 36 heavy (non-hydrogen) atoms. The minimum absolute atomic E-state index is 0.865. The molecule has 0 saturated carbocycles. The lowest BCUT2D eigenvalue weighted by Crippen LogP contribution is -1.91. The Morgan fingerprint density at radius 3 is 1.67 bits per heavy atom. The van der Waals surface area contributed by atoms with E-state index in [0.29, 0.717) is 0 Å². The highest BCUT2D eigenvalue weighted by Gasteiger charge is 2.23. The van der Waals surface area contributed by atoms with E-state index in [-0.39, 0.29) is 0 Å². The third kappa shape index (κ3) is 2.61. The van der Waals surface area contributed by atoms with Gasteiger partial charge in [-0.25, -0.2) is 0 Å². The van der Waals surface area contributed by atoms with E-state index in [1.54, 1.807) is 6.26 Å². The Labute approximate surface area is 207 Å². The first kappa shape index (κ1) is 19.5. The van der Waals surface area contributed by atoms with E-state index < -0.39 is 0 Å². The quantitative estimate of drug-likeness (QED) is 0.240. The minimum atomic E-state index is 0.865. The van der Waals surface area contributed by atoms with Crippen molar-refractivity contribution >= 4 is 54.5 Å². The van der Waals surface area contributed by atoms with Crippen molar-refractivity contribution in [3.05, 3.63) is 122 Å². The van der Waals surface area contributed by atoms with Crippen LogP contribution in [0.4, 0.5) is 0 Å². The second-order valence-electron chi connectivity index (χ2n) is 9.27. The monoisotopic (exact) mass is 460 g/mol. The molecule has 0 fully saturated rings. The fraction of sp³-hybridized carbons (Fsp3) is 0. The molecule has 0 N–H and O–H groups in total. The lowest BCUT2D eigenvalue weighted by Gasteiger charge is -2.18. The van der Waals surface area contributed by atoms with Gasteiger partial charge in [-0.15, -0.1) is 0 Å². The smallest absolute Gasteiger partial charge is 0.144 e. The zero-order valence-electron chi connectivity index (χ0n) is 19.4. The third-order valence-corrected chi connectivity index (χ3v) is 7.34. The van der Waals surface area contributed by atoms with Crippen molar-refractivity contribution in [2.24, 2.45) is 0 Å².